The van der Waals surface area contributed by atoms with Gasteiger partial charge in [-0.2, -0.15) is 0 Å². The summed E-state index contributed by atoms with van der Waals surface area (Å²) < 4.78 is 0. The molecule has 0 bridgehead atoms. The number of rotatable bonds is 0. The number of benzene rings is 1. The summed E-state index contributed by atoms with van der Waals surface area (Å²) in [7, 11) is 0. The molecule has 0 N–H and O–H groups in total. The number of thioether (sulfide) groups is 1. The second-order valence-electron chi connectivity index (χ2n) is 2.80. The highest BCUT2D eigenvalue weighted by molar-refractivity contribution is 14.0. The zero-order valence-electron chi connectivity index (χ0n) is 7.49. The molecule has 1 aliphatic heterocycles. The second kappa shape index (κ2) is 5.00. The zero-order valence-corrected chi connectivity index (χ0v) is 10.6. The SMILES string of the molecule is CSC1=NCCc2ccccc21.I. The molecule has 0 radical (unpaired) electrons. The maximum absolute atomic E-state index is 4.47. The van der Waals surface area contributed by atoms with E-state index in [0.717, 1.165) is 13.0 Å². The molecule has 0 aromatic heterocycles. The predicted octanol–water partition coefficient (Wildman–Crippen LogP) is 2.97. The largest absolute Gasteiger partial charge is 0.277 e. The minimum atomic E-state index is 0. The van der Waals surface area contributed by atoms with Gasteiger partial charge >= 0.3 is 0 Å². The molecule has 0 amide bonds. The van der Waals surface area contributed by atoms with Crippen molar-refractivity contribution in [3.05, 3.63) is 35.4 Å². The Morgan fingerprint density at radius 3 is 2.85 bits per heavy atom. The van der Waals surface area contributed by atoms with E-state index in [0.29, 0.717) is 0 Å². The van der Waals surface area contributed by atoms with Gasteiger partial charge in [-0.3, -0.25) is 4.99 Å². The van der Waals surface area contributed by atoms with Crippen molar-refractivity contribution in [2.75, 3.05) is 12.8 Å². The first-order valence-electron chi connectivity index (χ1n) is 4.08. The summed E-state index contributed by atoms with van der Waals surface area (Å²) in [4.78, 5) is 4.47. The van der Waals surface area contributed by atoms with E-state index in [-0.39, 0.29) is 24.0 Å². The van der Waals surface area contributed by atoms with E-state index in [2.05, 4.69) is 35.5 Å². The average molecular weight is 305 g/mol. The van der Waals surface area contributed by atoms with Crippen LogP contribution in [-0.4, -0.2) is 17.8 Å². The fraction of sp³-hybridized carbons (Fsp3) is 0.300. The molecule has 0 saturated heterocycles. The Balaban J connectivity index is 0.000000845. The second-order valence-corrected chi connectivity index (χ2v) is 3.59. The van der Waals surface area contributed by atoms with Crippen LogP contribution in [0.1, 0.15) is 11.1 Å². The van der Waals surface area contributed by atoms with Crippen LogP contribution in [-0.2, 0) is 6.42 Å². The number of halogens is 1. The first-order chi connectivity index (χ1) is 5.92. The highest BCUT2D eigenvalue weighted by Crippen LogP contribution is 2.20. The summed E-state index contributed by atoms with van der Waals surface area (Å²) in [5, 5.41) is 1.19. The third-order valence-corrected chi connectivity index (χ3v) is 2.81. The van der Waals surface area contributed by atoms with Crippen molar-refractivity contribution in [2.45, 2.75) is 6.42 Å². The lowest BCUT2D eigenvalue weighted by atomic mass is 10.0. The molecule has 3 heteroatoms. The van der Waals surface area contributed by atoms with E-state index < -0.39 is 0 Å². The lowest BCUT2D eigenvalue weighted by Gasteiger charge is -2.14. The van der Waals surface area contributed by atoms with Crippen molar-refractivity contribution in [1.82, 2.24) is 0 Å². The highest BCUT2D eigenvalue weighted by atomic mass is 127. The van der Waals surface area contributed by atoms with E-state index in [1.165, 1.54) is 16.2 Å². The third-order valence-electron chi connectivity index (χ3n) is 2.08. The molecular formula is C10H12INS. The van der Waals surface area contributed by atoms with Crippen LogP contribution in [0.5, 0.6) is 0 Å². The quantitative estimate of drug-likeness (QED) is 0.671. The van der Waals surface area contributed by atoms with Crippen LogP contribution in [0, 0.1) is 0 Å². The van der Waals surface area contributed by atoms with Gasteiger partial charge < -0.3 is 0 Å². The Hall–Kier alpha value is -0.0300. The van der Waals surface area contributed by atoms with Crippen LogP contribution in [0.25, 0.3) is 0 Å². The summed E-state index contributed by atoms with van der Waals surface area (Å²) in [6.45, 7) is 0.952. The van der Waals surface area contributed by atoms with Gasteiger partial charge in [0.25, 0.3) is 0 Å². The van der Waals surface area contributed by atoms with Crippen LogP contribution >= 0.6 is 35.7 Å². The van der Waals surface area contributed by atoms with Crippen molar-refractivity contribution < 1.29 is 0 Å². The van der Waals surface area contributed by atoms with Gasteiger partial charge in [-0.25, -0.2) is 0 Å². The molecule has 1 aliphatic rings. The van der Waals surface area contributed by atoms with E-state index >= 15 is 0 Å². The number of fused-ring (bicyclic) bond motifs is 1. The molecule has 1 heterocycles. The molecule has 1 aromatic carbocycles. The Morgan fingerprint density at radius 2 is 2.08 bits per heavy atom. The molecule has 1 nitrogen and oxygen atoms in total. The topological polar surface area (TPSA) is 12.4 Å². The Morgan fingerprint density at radius 1 is 1.31 bits per heavy atom. The fourth-order valence-corrected chi connectivity index (χ4v) is 2.12. The molecule has 0 saturated carbocycles. The number of nitrogens with zero attached hydrogens (tertiary/aromatic N) is 1. The van der Waals surface area contributed by atoms with Gasteiger partial charge in [0, 0.05) is 12.1 Å². The first-order valence-corrected chi connectivity index (χ1v) is 5.31. The van der Waals surface area contributed by atoms with E-state index in [1.54, 1.807) is 11.8 Å². The van der Waals surface area contributed by atoms with Gasteiger partial charge in [-0.05, 0) is 18.2 Å². The molecule has 70 valence electrons. The van der Waals surface area contributed by atoms with E-state index in [4.69, 9.17) is 0 Å². The summed E-state index contributed by atoms with van der Waals surface area (Å²) in [6.07, 6.45) is 3.18. The molecule has 13 heavy (non-hydrogen) atoms. The van der Waals surface area contributed by atoms with E-state index in [9.17, 15) is 0 Å². The number of aliphatic imine (C=N–C) groups is 1. The van der Waals surface area contributed by atoms with Crippen molar-refractivity contribution >= 4 is 40.8 Å². The van der Waals surface area contributed by atoms with Crippen LogP contribution in [0.3, 0.4) is 0 Å². The normalized spacial score (nSPS) is 14.1. The Bertz CT molecular complexity index is 322. The summed E-state index contributed by atoms with van der Waals surface area (Å²) >= 11 is 1.74. The smallest absolute Gasteiger partial charge is 0.0977 e. The average Bonchev–Trinajstić information content (AvgIpc) is 2.17. The van der Waals surface area contributed by atoms with Crippen molar-refractivity contribution in [1.29, 1.82) is 0 Å². The lowest BCUT2D eigenvalue weighted by molar-refractivity contribution is 0.950. The predicted molar refractivity (Wildman–Crippen MR) is 70.5 cm³/mol. The highest BCUT2D eigenvalue weighted by Gasteiger charge is 2.11. The van der Waals surface area contributed by atoms with Crippen molar-refractivity contribution in [2.24, 2.45) is 4.99 Å². The Labute approximate surface area is 100 Å². The minimum absolute atomic E-state index is 0. The maximum Gasteiger partial charge on any atom is 0.0977 e. The fourth-order valence-electron chi connectivity index (χ4n) is 1.48. The summed E-state index contributed by atoms with van der Waals surface area (Å²) in [5.74, 6) is 0. The number of hydrogen-bond acceptors (Lipinski definition) is 2. The Kier molecular flexibility index (Phi) is 4.25. The summed E-state index contributed by atoms with van der Waals surface area (Å²) in [5.41, 5.74) is 2.77. The van der Waals surface area contributed by atoms with Gasteiger partial charge in [0.2, 0.25) is 0 Å². The van der Waals surface area contributed by atoms with Gasteiger partial charge in [-0.1, -0.05) is 24.3 Å². The van der Waals surface area contributed by atoms with Crippen molar-refractivity contribution in [3.8, 4) is 0 Å². The monoisotopic (exact) mass is 305 g/mol. The van der Waals surface area contributed by atoms with Crippen LogP contribution in [0.2, 0.25) is 0 Å². The van der Waals surface area contributed by atoms with Gasteiger partial charge in [0.1, 0.15) is 0 Å². The maximum atomic E-state index is 4.47. The van der Waals surface area contributed by atoms with Crippen LogP contribution in [0.4, 0.5) is 0 Å². The number of hydrogen-bond donors (Lipinski definition) is 0. The van der Waals surface area contributed by atoms with Gasteiger partial charge in [0.15, 0.2) is 0 Å². The molecule has 0 aliphatic carbocycles. The molecule has 2 rings (SSSR count). The molecule has 0 spiro atoms. The standard InChI is InChI=1S/C10H11NS.HI/c1-12-10-9-5-3-2-4-8(9)6-7-11-10;/h2-5H,6-7H2,1H3;1H. The minimum Gasteiger partial charge on any atom is -0.277 e. The van der Waals surface area contributed by atoms with Gasteiger partial charge in [-0.15, -0.1) is 35.7 Å². The molecule has 1 aromatic rings. The molecular weight excluding hydrogens is 293 g/mol. The summed E-state index contributed by atoms with van der Waals surface area (Å²) in [6, 6.07) is 8.53. The molecule has 0 fully saturated rings. The third kappa shape index (κ3) is 2.26. The first kappa shape index (κ1) is 11.0. The molecule has 0 atom stereocenters. The molecule has 0 unspecified atom stereocenters. The lowest BCUT2D eigenvalue weighted by Crippen LogP contribution is -2.09. The van der Waals surface area contributed by atoms with Crippen LogP contribution in [0.15, 0.2) is 29.3 Å². The van der Waals surface area contributed by atoms with Crippen LogP contribution < -0.4 is 0 Å². The van der Waals surface area contributed by atoms with E-state index in [1.807, 2.05) is 0 Å². The van der Waals surface area contributed by atoms with Gasteiger partial charge in [0.05, 0.1) is 5.04 Å². The zero-order chi connectivity index (χ0) is 8.39. The van der Waals surface area contributed by atoms with Crippen molar-refractivity contribution in [3.63, 3.8) is 0 Å².